The van der Waals surface area contributed by atoms with Crippen molar-refractivity contribution >= 4 is 21.8 Å². The van der Waals surface area contributed by atoms with Gasteiger partial charge >= 0.3 is 6.18 Å². The number of carbonyl (C=O) groups excluding carboxylic acids is 1. The molecule has 1 aliphatic rings. The van der Waals surface area contributed by atoms with Gasteiger partial charge in [-0.3, -0.25) is 4.79 Å². The van der Waals surface area contributed by atoms with Crippen LogP contribution >= 0.6 is 15.9 Å². The Hall–Kier alpha value is -1.08. The summed E-state index contributed by atoms with van der Waals surface area (Å²) in [7, 11) is 0. The minimum absolute atomic E-state index is 0.259. The highest BCUT2D eigenvalue weighted by Crippen LogP contribution is 2.39. The Bertz CT molecular complexity index is 549. The van der Waals surface area contributed by atoms with Crippen molar-refractivity contribution in [3.05, 3.63) is 34.3 Å². The number of amides is 1. The van der Waals surface area contributed by atoms with Crippen LogP contribution in [-0.2, 0) is 15.1 Å². The molecule has 110 valence electrons. The molecule has 20 heavy (non-hydrogen) atoms. The lowest BCUT2D eigenvalue weighted by molar-refractivity contribution is -0.274. The molecule has 1 fully saturated rings. The van der Waals surface area contributed by atoms with Gasteiger partial charge in [-0.15, -0.1) is 0 Å². The number of alkyl halides is 3. The number of morpholine rings is 1. The first-order valence-electron chi connectivity index (χ1n) is 5.88. The maximum absolute atomic E-state index is 12.9. The summed E-state index contributed by atoms with van der Waals surface area (Å²) in [6.45, 7) is 2.11. The van der Waals surface area contributed by atoms with Crippen LogP contribution in [0.5, 0.6) is 0 Å². The fraction of sp³-hybridized carbons (Fsp3) is 0.462. The van der Waals surface area contributed by atoms with Crippen molar-refractivity contribution in [2.45, 2.75) is 31.2 Å². The molecule has 1 saturated heterocycles. The molecule has 1 amide bonds. The van der Waals surface area contributed by atoms with Crippen LogP contribution in [0.4, 0.5) is 13.2 Å². The number of benzene rings is 1. The molecule has 2 rings (SSSR count). The Morgan fingerprint density at radius 1 is 1.35 bits per heavy atom. The first-order valence-corrected chi connectivity index (χ1v) is 6.67. The molecule has 2 atom stereocenters. The smallest absolute Gasteiger partial charge is 0.354 e. The van der Waals surface area contributed by atoms with E-state index in [0.717, 1.165) is 11.4 Å². The molecule has 1 aliphatic heterocycles. The molecular formula is C13H13BrF3NO2. The molecule has 1 aromatic carbocycles. The zero-order valence-electron chi connectivity index (χ0n) is 10.8. The molecule has 1 heterocycles. The second kappa shape index (κ2) is 4.73. The molecule has 1 N–H and O–H groups in total. The Morgan fingerprint density at radius 3 is 2.50 bits per heavy atom. The predicted molar refractivity (Wildman–Crippen MR) is 70.0 cm³/mol. The average Bonchev–Trinajstić information content (AvgIpc) is 2.33. The molecule has 7 heteroatoms. The van der Waals surface area contributed by atoms with E-state index < -0.39 is 23.2 Å². The number of carbonyl (C=O) groups is 1. The Kier molecular flexibility index (Phi) is 3.62. The van der Waals surface area contributed by atoms with Gasteiger partial charge in [0.15, 0.2) is 0 Å². The second-order valence-corrected chi connectivity index (χ2v) is 6.03. The van der Waals surface area contributed by atoms with Crippen molar-refractivity contribution in [2.24, 2.45) is 0 Å². The lowest BCUT2D eigenvalue weighted by Crippen LogP contribution is -2.67. The third-order valence-corrected chi connectivity index (χ3v) is 3.97. The molecule has 0 bridgehead atoms. The maximum atomic E-state index is 12.9. The third-order valence-electron chi connectivity index (χ3n) is 3.47. The van der Waals surface area contributed by atoms with Crippen LogP contribution in [0.3, 0.4) is 0 Å². The number of rotatable bonds is 1. The van der Waals surface area contributed by atoms with Gasteiger partial charge in [0.05, 0.1) is 12.1 Å². The topological polar surface area (TPSA) is 38.3 Å². The Labute approximate surface area is 122 Å². The molecule has 0 radical (unpaired) electrons. The highest BCUT2D eigenvalue weighted by Gasteiger charge is 2.62. The number of halogens is 4. The van der Waals surface area contributed by atoms with Crippen molar-refractivity contribution in [2.75, 3.05) is 6.61 Å². The van der Waals surface area contributed by atoms with E-state index in [1.165, 1.54) is 0 Å². The molecule has 0 aromatic heterocycles. The van der Waals surface area contributed by atoms with Gasteiger partial charge in [-0.25, -0.2) is 0 Å². The zero-order chi connectivity index (χ0) is 15.2. The fourth-order valence-corrected chi connectivity index (χ4v) is 2.36. The van der Waals surface area contributed by atoms with Gasteiger partial charge in [0.25, 0.3) is 5.91 Å². The summed E-state index contributed by atoms with van der Waals surface area (Å²) >= 11 is 3.29. The van der Waals surface area contributed by atoms with Crippen molar-refractivity contribution < 1.29 is 22.7 Å². The summed E-state index contributed by atoms with van der Waals surface area (Å²) in [5, 5.41) is 2.43. The van der Waals surface area contributed by atoms with Crippen LogP contribution in [0.25, 0.3) is 0 Å². The van der Waals surface area contributed by atoms with E-state index in [9.17, 15) is 18.0 Å². The largest absolute Gasteiger partial charge is 0.426 e. The van der Waals surface area contributed by atoms with Gasteiger partial charge in [0, 0.05) is 4.47 Å². The van der Waals surface area contributed by atoms with Crippen LogP contribution in [0.15, 0.2) is 28.7 Å². The molecule has 0 spiro atoms. The number of nitrogens with one attached hydrogen (secondary N) is 1. The third kappa shape index (κ3) is 2.44. The zero-order valence-corrected chi connectivity index (χ0v) is 12.4. The van der Waals surface area contributed by atoms with Gasteiger partial charge in [-0.2, -0.15) is 13.2 Å². The van der Waals surface area contributed by atoms with Crippen molar-refractivity contribution in [3.63, 3.8) is 0 Å². The normalized spacial score (nSPS) is 31.0. The number of ether oxygens (including phenoxy) is 1. The van der Waals surface area contributed by atoms with Crippen LogP contribution in [0.1, 0.15) is 19.4 Å². The van der Waals surface area contributed by atoms with Gasteiger partial charge in [-0.1, -0.05) is 28.1 Å². The summed E-state index contributed by atoms with van der Waals surface area (Å²) in [4.78, 5) is 11.9. The van der Waals surface area contributed by atoms with E-state index in [0.29, 0.717) is 5.56 Å². The fourth-order valence-electron chi connectivity index (χ4n) is 1.96. The highest BCUT2D eigenvalue weighted by atomic mass is 79.9. The maximum Gasteiger partial charge on any atom is 0.426 e. The Balaban J connectivity index is 2.31. The lowest BCUT2D eigenvalue weighted by Gasteiger charge is -2.43. The summed E-state index contributed by atoms with van der Waals surface area (Å²) in [5.41, 5.74) is -3.13. The van der Waals surface area contributed by atoms with Crippen molar-refractivity contribution in [1.82, 2.24) is 5.32 Å². The highest BCUT2D eigenvalue weighted by molar-refractivity contribution is 9.10. The van der Waals surface area contributed by atoms with E-state index in [4.69, 9.17) is 4.74 Å². The van der Waals surface area contributed by atoms with E-state index in [2.05, 4.69) is 21.2 Å². The first kappa shape index (κ1) is 15.3. The SMILES string of the molecule is C[C@]1(C(F)(F)F)OC[C@@](C)(c2cccc(Br)c2)NC1=O. The predicted octanol–water partition coefficient (Wildman–Crippen LogP) is 3.13. The molecule has 0 unspecified atom stereocenters. The van der Waals surface area contributed by atoms with E-state index in [1.807, 2.05) is 0 Å². The van der Waals surface area contributed by atoms with Gasteiger partial charge in [0.2, 0.25) is 5.60 Å². The quantitative estimate of drug-likeness (QED) is 0.844. The van der Waals surface area contributed by atoms with Crippen molar-refractivity contribution in [1.29, 1.82) is 0 Å². The molecular weight excluding hydrogens is 339 g/mol. The van der Waals surface area contributed by atoms with Crippen LogP contribution in [0.2, 0.25) is 0 Å². The minimum atomic E-state index is -4.75. The van der Waals surface area contributed by atoms with Crippen LogP contribution in [0, 0.1) is 0 Å². The Morgan fingerprint density at radius 2 is 2.00 bits per heavy atom. The van der Waals surface area contributed by atoms with Gasteiger partial charge in [-0.05, 0) is 31.5 Å². The second-order valence-electron chi connectivity index (χ2n) is 5.12. The van der Waals surface area contributed by atoms with E-state index >= 15 is 0 Å². The van der Waals surface area contributed by atoms with E-state index in [-0.39, 0.29) is 6.61 Å². The van der Waals surface area contributed by atoms with Gasteiger partial charge in [0.1, 0.15) is 0 Å². The minimum Gasteiger partial charge on any atom is -0.354 e. The standard InChI is InChI=1S/C13H13BrF3NO2/c1-11(8-4-3-5-9(14)6-8)7-20-12(2,10(19)18-11)13(15,16)17/h3-6H,7H2,1-2H3,(H,18,19)/t11-,12-/m0/s1. The summed E-state index contributed by atoms with van der Waals surface area (Å²) in [5.74, 6) is -1.18. The average molecular weight is 352 g/mol. The molecule has 0 saturated carbocycles. The van der Waals surface area contributed by atoms with Crippen LogP contribution in [-0.4, -0.2) is 24.3 Å². The first-order chi connectivity index (χ1) is 9.08. The molecule has 1 aromatic rings. The van der Waals surface area contributed by atoms with E-state index in [1.54, 1.807) is 31.2 Å². The van der Waals surface area contributed by atoms with Crippen LogP contribution < -0.4 is 5.32 Å². The summed E-state index contributed by atoms with van der Waals surface area (Å²) < 4.78 is 44.4. The van der Waals surface area contributed by atoms with Gasteiger partial charge < -0.3 is 10.1 Å². The summed E-state index contributed by atoms with van der Waals surface area (Å²) in [6.07, 6.45) is -4.75. The monoisotopic (exact) mass is 351 g/mol. The van der Waals surface area contributed by atoms with Crippen molar-refractivity contribution in [3.8, 4) is 0 Å². The molecule has 0 aliphatic carbocycles. The molecule has 3 nitrogen and oxygen atoms in total. The lowest BCUT2D eigenvalue weighted by atomic mass is 9.88. The summed E-state index contributed by atoms with van der Waals surface area (Å²) in [6, 6.07) is 7.00. The number of hydrogen-bond acceptors (Lipinski definition) is 2. The number of hydrogen-bond donors (Lipinski definition) is 1.